The van der Waals surface area contributed by atoms with E-state index in [4.69, 9.17) is 0 Å². The first-order chi connectivity index (χ1) is 14.2. The van der Waals surface area contributed by atoms with Crippen molar-refractivity contribution >= 4 is 11.5 Å². The molecular weight excluding hydrogens is 376 g/mol. The highest BCUT2D eigenvalue weighted by atomic mass is 19.3. The van der Waals surface area contributed by atoms with Gasteiger partial charge in [0.15, 0.2) is 11.5 Å². The highest BCUT2D eigenvalue weighted by Gasteiger charge is 2.26. The number of anilines is 1. The van der Waals surface area contributed by atoms with Crippen LogP contribution in [0.1, 0.15) is 30.2 Å². The van der Waals surface area contributed by atoms with Crippen LogP contribution in [0.15, 0.2) is 55.2 Å². The lowest BCUT2D eigenvalue weighted by molar-refractivity contribution is 0.145. The van der Waals surface area contributed by atoms with Gasteiger partial charge in [-0.2, -0.15) is 0 Å². The Morgan fingerprint density at radius 2 is 1.93 bits per heavy atom. The van der Waals surface area contributed by atoms with Crippen molar-refractivity contribution in [2.75, 3.05) is 18.0 Å². The van der Waals surface area contributed by atoms with Crippen LogP contribution in [0, 0.1) is 0 Å². The van der Waals surface area contributed by atoms with Gasteiger partial charge in [0.05, 0.1) is 12.4 Å². The molecule has 4 aromatic rings. The molecule has 1 fully saturated rings. The van der Waals surface area contributed by atoms with E-state index in [1.165, 1.54) is 12.4 Å². The summed E-state index contributed by atoms with van der Waals surface area (Å²) >= 11 is 0. The highest BCUT2D eigenvalue weighted by molar-refractivity contribution is 5.58. The first-order valence-corrected chi connectivity index (χ1v) is 9.29. The third-order valence-corrected chi connectivity index (χ3v) is 5.13. The predicted molar refractivity (Wildman–Crippen MR) is 103 cm³/mol. The topological polar surface area (TPSA) is 72.1 Å². The number of hydrogen-bond donors (Lipinski definition) is 0. The van der Waals surface area contributed by atoms with Crippen LogP contribution in [0.25, 0.3) is 17.2 Å². The fraction of sp³-hybridized carbons (Fsp3) is 0.250. The molecule has 5 rings (SSSR count). The third kappa shape index (κ3) is 3.28. The van der Waals surface area contributed by atoms with Crippen molar-refractivity contribution in [2.45, 2.75) is 18.8 Å². The van der Waals surface area contributed by atoms with E-state index in [0.29, 0.717) is 23.1 Å². The van der Waals surface area contributed by atoms with Gasteiger partial charge in [-0.25, -0.2) is 28.7 Å². The van der Waals surface area contributed by atoms with Crippen molar-refractivity contribution in [2.24, 2.45) is 0 Å². The van der Waals surface area contributed by atoms with Crippen molar-refractivity contribution in [3.63, 3.8) is 0 Å². The fourth-order valence-electron chi connectivity index (χ4n) is 3.66. The van der Waals surface area contributed by atoms with E-state index in [9.17, 15) is 8.78 Å². The maximum Gasteiger partial charge on any atom is 0.281 e. The number of rotatable bonds is 4. The molecule has 0 spiro atoms. The Labute approximate surface area is 165 Å². The number of pyridine rings is 1. The summed E-state index contributed by atoms with van der Waals surface area (Å²) in [6.07, 6.45) is 6.02. The summed E-state index contributed by atoms with van der Waals surface area (Å²) in [5, 5.41) is 0. The Hall–Kier alpha value is -3.49. The summed E-state index contributed by atoms with van der Waals surface area (Å²) in [5.41, 5.74) is 1.78. The summed E-state index contributed by atoms with van der Waals surface area (Å²) in [6.45, 7) is 1.68. The second-order valence-electron chi connectivity index (χ2n) is 6.91. The molecule has 0 amide bonds. The Morgan fingerprint density at radius 1 is 1.00 bits per heavy atom. The van der Waals surface area contributed by atoms with Gasteiger partial charge in [-0.15, -0.1) is 0 Å². The zero-order valence-corrected chi connectivity index (χ0v) is 15.4. The third-order valence-electron chi connectivity index (χ3n) is 5.13. The lowest BCUT2D eigenvalue weighted by Crippen LogP contribution is -2.21. The summed E-state index contributed by atoms with van der Waals surface area (Å²) in [5.74, 6) is 1.58. The normalized spacial score (nSPS) is 16.8. The standard InChI is InChI=1S/C20H17F2N7/c21-19(22)15-12-29-16(9-26-18(29)10-25-15)20-24-7-4-17(27-20)28-8-5-13(11-28)14-3-1-2-6-23-14/h1-4,6-7,9-10,12-13,19H,5,8,11H2. The molecule has 0 radical (unpaired) electrons. The van der Waals surface area contributed by atoms with Crippen LogP contribution in [0.3, 0.4) is 0 Å². The highest BCUT2D eigenvalue weighted by Crippen LogP contribution is 2.29. The number of aromatic nitrogens is 6. The molecule has 0 bridgehead atoms. The van der Waals surface area contributed by atoms with Gasteiger partial charge in [-0.05, 0) is 24.6 Å². The fourth-order valence-corrected chi connectivity index (χ4v) is 3.66. The van der Waals surface area contributed by atoms with Gasteiger partial charge < -0.3 is 4.90 Å². The second kappa shape index (κ2) is 7.16. The van der Waals surface area contributed by atoms with E-state index in [1.54, 1.807) is 16.8 Å². The minimum absolute atomic E-state index is 0.314. The molecule has 146 valence electrons. The molecule has 0 aliphatic carbocycles. The molecule has 0 saturated carbocycles. The summed E-state index contributed by atoms with van der Waals surface area (Å²) in [4.78, 5) is 23.6. The van der Waals surface area contributed by atoms with Gasteiger partial charge in [0.2, 0.25) is 0 Å². The monoisotopic (exact) mass is 393 g/mol. The number of halogens is 2. The number of fused-ring (bicyclic) bond motifs is 1. The largest absolute Gasteiger partial charge is 0.356 e. The van der Waals surface area contributed by atoms with Gasteiger partial charge in [0.25, 0.3) is 6.43 Å². The van der Waals surface area contributed by atoms with E-state index in [-0.39, 0.29) is 5.69 Å². The maximum absolute atomic E-state index is 13.0. The molecule has 9 heteroatoms. The van der Waals surface area contributed by atoms with Crippen LogP contribution in [0.5, 0.6) is 0 Å². The lowest BCUT2D eigenvalue weighted by Gasteiger charge is -2.17. The molecule has 5 heterocycles. The van der Waals surface area contributed by atoms with Gasteiger partial charge in [0, 0.05) is 43.3 Å². The van der Waals surface area contributed by atoms with Crippen LogP contribution in [0.4, 0.5) is 14.6 Å². The van der Waals surface area contributed by atoms with Crippen LogP contribution >= 0.6 is 0 Å². The van der Waals surface area contributed by atoms with Crippen molar-refractivity contribution in [1.29, 1.82) is 0 Å². The van der Waals surface area contributed by atoms with E-state index < -0.39 is 6.43 Å². The smallest absolute Gasteiger partial charge is 0.281 e. The average molecular weight is 393 g/mol. The molecule has 0 aromatic carbocycles. The SMILES string of the molecule is FC(F)c1cn2c(-c3nccc(N4CCC(c5ccccn5)C4)n3)cnc2cn1. The molecule has 4 aromatic heterocycles. The number of nitrogens with zero attached hydrogens (tertiary/aromatic N) is 7. The number of imidazole rings is 1. The molecule has 29 heavy (non-hydrogen) atoms. The Bertz CT molecular complexity index is 1150. The van der Waals surface area contributed by atoms with Crippen LogP contribution in [0.2, 0.25) is 0 Å². The zero-order valence-electron chi connectivity index (χ0n) is 15.4. The Morgan fingerprint density at radius 3 is 2.76 bits per heavy atom. The van der Waals surface area contributed by atoms with Gasteiger partial charge in [-0.1, -0.05) is 6.07 Å². The molecule has 1 aliphatic rings. The van der Waals surface area contributed by atoms with Gasteiger partial charge >= 0.3 is 0 Å². The predicted octanol–water partition coefficient (Wildman–Crippen LogP) is 3.51. The summed E-state index contributed by atoms with van der Waals surface area (Å²) < 4.78 is 27.6. The quantitative estimate of drug-likeness (QED) is 0.528. The lowest BCUT2D eigenvalue weighted by atomic mass is 10.0. The van der Waals surface area contributed by atoms with Crippen LogP contribution < -0.4 is 4.90 Å². The average Bonchev–Trinajstić information content (AvgIpc) is 3.41. The van der Waals surface area contributed by atoms with Crippen molar-refractivity contribution in [3.05, 3.63) is 66.6 Å². The van der Waals surface area contributed by atoms with Gasteiger partial charge in [-0.3, -0.25) is 9.38 Å². The molecular formula is C20H17F2N7. The summed E-state index contributed by atoms with van der Waals surface area (Å²) in [6, 6.07) is 7.82. The minimum atomic E-state index is -2.66. The molecule has 1 saturated heterocycles. The van der Waals surface area contributed by atoms with E-state index in [2.05, 4.69) is 29.8 Å². The van der Waals surface area contributed by atoms with Gasteiger partial charge in [0.1, 0.15) is 17.2 Å². The van der Waals surface area contributed by atoms with Crippen LogP contribution in [-0.4, -0.2) is 42.4 Å². The Kier molecular flexibility index (Phi) is 4.34. The molecule has 0 N–H and O–H groups in total. The van der Waals surface area contributed by atoms with Crippen molar-refractivity contribution in [1.82, 2.24) is 29.3 Å². The van der Waals surface area contributed by atoms with Crippen LogP contribution in [-0.2, 0) is 0 Å². The molecule has 7 nitrogen and oxygen atoms in total. The Balaban J connectivity index is 1.45. The maximum atomic E-state index is 13.0. The summed E-state index contributed by atoms with van der Waals surface area (Å²) in [7, 11) is 0. The zero-order chi connectivity index (χ0) is 19.8. The molecule has 1 unspecified atom stereocenters. The van der Waals surface area contributed by atoms with E-state index in [0.717, 1.165) is 31.0 Å². The number of alkyl halides is 2. The molecule has 1 aliphatic heterocycles. The van der Waals surface area contributed by atoms with Crippen molar-refractivity contribution in [3.8, 4) is 11.5 Å². The molecule has 1 atom stereocenters. The second-order valence-corrected chi connectivity index (χ2v) is 6.91. The van der Waals surface area contributed by atoms with E-state index in [1.807, 2.05) is 30.5 Å². The van der Waals surface area contributed by atoms with Crippen molar-refractivity contribution < 1.29 is 8.78 Å². The van der Waals surface area contributed by atoms with E-state index >= 15 is 0 Å². The number of hydrogen-bond acceptors (Lipinski definition) is 6. The minimum Gasteiger partial charge on any atom is -0.356 e. The first kappa shape index (κ1) is 17.6. The first-order valence-electron chi connectivity index (χ1n) is 9.29.